The van der Waals surface area contributed by atoms with E-state index in [4.69, 9.17) is 9.47 Å². The maximum absolute atomic E-state index is 13.3. The zero-order chi connectivity index (χ0) is 26.7. The normalized spacial score (nSPS) is 11.7. The fraction of sp³-hybridized carbons (Fsp3) is 0.240. The van der Waals surface area contributed by atoms with Gasteiger partial charge in [0.2, 0.25) is 0 Å². The van der Waals surface area contributed by atoms with E-state index in [1.807, 2.05) is 0 Å². The number of fused-ring (bicyclic) bond motifs is 2. The van der Waals surface area contributed by atoms with Gasteiger partial charge in [-0.3, -0.25) is 24.1 Å². The second-order valence-electron chi connectivity index (χ2n) is 7.95. The van der Waals surface area contributed by atoms with Gasteiger partial charge in [0.05, 0.1) is 29.1 Å². The highest BCUT2D eigenvalue weighted by Gasteiger charge is 2.22. The molecule has 3 heterocycles. The van der Waals surface area contributed by atoms with Gasteiger partial charge in [0.25, 0.3) is 17.2 Å². The summed E-state index contributed by atoms with van der Waals surface area (Å²) in [6, 6.07) is 10.4. The van der Waals surface area contributed by atoms with Crippen LogP contribution in [0, 0.1) is 17.0 Å². The molecule has 0 unspecified atom stereocenters. The van der Waals surface area contributed by atoms with E-state index in [-0.39, 0.29) is 58.7 Å². The number of nitro groups is 1. The lowest BCUT2D eigenvalue weighted by Gasteiger charge is -2.15. The van der Waals surface area contributed by atoms with Crippen LogP contribution in [0.1, 0.15) is 33.2 Å². The number of ether oxygens (including phenoxy) is 2. The highest BCUT2D eigenvalue weighted by molar-refractivity contribution is 5.98. The number of carbonyl (C=O) groups excluding carboxylic acids is 2. The SMILES string of the molecule is CCOC(=O)c1cc2c(=O)n3ccccc3nc2n(CCOC)c1=NC(=O)c1cccc([N+](=O)[O-])c1C. The lowest BCUT2D eigenvalue weighted by Crippen LogP contribution is -2.33. The first-order chi connectivity index (χ1) is 17.8. The topological polar surface area (TPSA) is 147 Å². The van der Waals surface area contributed by atoms with E-state index >= 15 is 0 Å². The second kappa shape index (κ2) is 10.5. The van der Waals surface area contributed by atoms with Crippen molar-refractivity contribution in [2.24, 2.45) is 4.99 Å². The monoisotopic (exact) mass is 505 g/mol. The Kier molecular flexibility index (Phi) is 7.20. The molecular weight excluding hydrogens is 482 g/mol. The fourth-order valence-electron chi connectivity index (χ4n) is 3.96. The van der Waals surface area contributed by atoms with Crippen LogP contribution in [0.25, 0.3) is 16.7 Å². The van der Waals surface area contributed by atoms with Crippen LogP contribution in [0.3, 0.4) is 0 Å². The molecule has 4 rings (SSSR count). The fourth-order valence-corrected chi connectivity index (χ4v) is 3.96. The van der Waals surface area contributed by atoms with Gasteiger partial charge in [-0.05, 0) is 38.1 Å². The number of hydrogen-bond donors (Lipinski definition) is 0. The number of aromatic nitrogens is 3. The van der Waals surface area contributed by atoms with Crippen LogP contribution in [0.2, 0.25) is 0 Å². The summed E-state index contributed by atoms with van der Waals surface area (Å²) in [5, 5.41) is 11.5. The van der Waals surface area contributed by atoms with E-state index in [0.29, 0.717) is 5.65 Å². The van der Waals surface area contributed by atoms with Crippen LogP contribution in [-0.4, -0.2) is 51.1 Å². The Morgan fingerprint density at radius 3 is 2.65 bits per heavy atom. The van der Waals surface area contributed by atoms with Crippen LogP contribution in [0.5, 0.6) is 0 Å². The van der Waals surface area contributed by atoms with Crippen LogP contribution < -0.4 is 11.0 Å². The van der Waals surface area contributed by atoms with E-state index in [0.717, 1.165) is 0 Å². The van der Waals surface area contributed by atoms with Crippen molar-refractivity contribution in [2.75, 3.05) is 20.3 Å². The maximum atomic E-state index is 13.3. The number of nitro benzene ring substituents is 1. The molecule has 0 spiro atoms. The summed E-state index contributed by atoms with van der Waals surface area (Å²) < 4.78 is 13.2. The van der Waals surface area contributed by atoms with Crippen LogP contribution >= 0.6 is 0 Å². The summed E-state index contributed by atoms with van der Waals surface area (Å²) in [6.07, 6.45) is 1.56. The molecule has 0 saturated heterocycles. The lowest BCUT2D eigenvalue weighted by molar-refractivity contribution is -0.385. The highest BCUT2D eigenvalue weighted by Crippen LogP contribution is 2.22. The Labute approximate surface area is 209 Å². The zero-order valence-electron chi connectivity index (χ0n) is 20.3. The van der Waals surface area contributed by atoms with Crippen LogP contribution in [0.15, 0.2) is 58.4 Å². The molecule has 0 radical (unpaired) electrons. The van der Waals surface area contributed by atoms with E-state index < -0.39 is 22.4 Å². The Morgan fingerprint density at radius 2 is 1.95 bits per heavy atom. The predicted molar refractivity (Wildman–Crippen MR) is 133 cm³/mol. The number of hydrogen-bond acceptors (Lipinski definition) is 8. The van der Waals surface area contributed by atoms with E-state index in [9.17, 15) is 24.5 Å². The summed E-state index contributed by atoms with van der Waals surface area (Å²) >= 11 is 0. The Balaban J connectivity index is 2.11. The van der Waals surface area contributed by atoms with Gasteiger partial charge in [0.1, 0.15) is 16.9 Å². The predicted octanol–water partition coefficient (Wildman–Crippen LogP) is 2.43. The van der Waals surface area contributed by atoms with Crippen molar-refractivity contribution in [3.8, 4) is 0 Å². The number of esters is 1. The Hall–Kier alpha value is -4.71. The van der Waals surface area contributed by atoms with Gasteiger partial charge in [0, 0.05) is 31.5 Å². The smallest absolute Gasteiger partial charge is 0.341 e. The van der Waals surface area contributed by atoms with Gasteiger partial charge in [-0.15, -0.1) is 0 Å². The van der Waals surface area contributed by atoms with Crippen LogP contribution in [-0.2, 0) is 16.0 Å². The molecule has 0 N–H and O–H groups in total. The zero-order valence-corrected chi connectivity index (χ0v) is 20.3. The van der Waals surface area contributed by atoms with Crippen molar-refractivity contribution < 1.29 is 24.0 Å². The quantitative estimate of drug-likeness (QED) is 0.161. The molecule has 0 bridgehead atoms. The maximum Gasteiger partial charge on any atom is 0.341 e. The van der Waals surface area contributed by atoms with Crippen molar-refractivity contribution in [3.05, 3.63) is 91.3 Å². The molecule has 0 fully saturated rings. The molecule has 0 saturated carbocycles. The number of pyridine rings is 2. The van der Waals surface area contributed by atoms with Crippen molar-refractivity contribution in [3.63, 3.8) is 0 Å². The third-order valence-electron chi connectivity index (χ3n) is 5.74. The van der Waals surface area contributed by atoms with Gasteiger partial charge in [-0.25, -0.2) is 9.78 Å². The number of amides is 1. The summed E-state index contributed by atoms with van der Waals surface area (Å²) in [7, 11) is 1.48. The van der Waals surface area contributed by atoms with Crippen molar-refractivity contribution in [1.29, 1.82) is 0 Å². The van der Waals surface area contributed by atoms with Gasteiger partial charge >= 0.3 is 5.97 Å². The molecule has 0 aliphatic rings. The first kappa shape index (κ1) is 25.4. The first-order valence-electron chi connectivity index (χ1n) is 11.3. The molecule has 0 aliphatic carbocycles. The standard InChI is InChI=1S/C25H23N5O7/c1-4-37-25(33)18-14-17-21(26-20-10-5-6-11-28(20)24(17)32)29(12-13-36-3)22(18)27-23(31)16-8-7-9-19(15(16)2)30(34)35/h5-11,14H,4,12-13H2,1-3H3. The Morgan fingerprint density at radius 1 is 1.16 bits per heavy atom. The summed E-state index contributed by atoms with van der Waals surface area (Å²) in [5.41, 5.74) is -0.240. The highest BCUT2D eigenvalue weighted by atomic mass is 16.6. The molecule has 1 amide bonds. The van der Waals surface area contributed by atoms with E-state index in [1.54, 1.807) is 31.3 Å². The molecular formula is C25H23N5O7. The van der Waals surface area contributed by atoms with Crippen LogP contribution in [0.4, 0.5) is 5.69 Å². The molecule has 37 heavy (non-hydrogen) atoms. The number of methoxy groups -OCH3 is 1. The van der Waals surface area contributed by atoms with Crippen molar-refractivity contribution >= 4 is 34.2 Å². The van der Waals surface area contributed by atoms with E-state index in [1.165, 1.54) is 47.3 Å². The summed E-state index contributed by atoms with van der Waals surface area (Å²) in [4.78, 5) is 59.2. The molecule has 12 heteroatoms. The first-order valence-corrected chi connectivity index (χ1v) is 11.3. The lowest BCUT2D eigenvalue weighted by atomic mass is 10.1. The van der Waals surface area contributed by atoms with Gasteiger partial charge in [0.15, 0.2) is 5.49 Å². The number of rotatable bonds is 7. The molecule has 0 aliphatic heterocycles. The Bertz CT molecular complexity index is 1690. The average molecular weight is 505 g/mol. The molecule has 0 atom stereocenters. The number of carbonyl (C=O) groups is 2. The minimum absolute atomic E-state index is 0.00561. The third-order valence-corrected chi connectivity index (χ3v) is 5.74. The molecule has 190 valence electrons. The van der Waals surface area contributed by atoms with Crippen molar-refractivity contribution in [1.82, 2.24) is 14.0 Å². The average Bonchev–Trinajstić information content (AvgIpc) is 2.88. The van der Waals surface area contributed by atoms with Gasteiger partial charge < -0.3 is 14.0 Å². The number of nitrogens with zero attached hydrogens (tertiary/aromatic N) is 5. The number of benzene rings is 1. The van der Waals surface area contributed by atoms with E-state index in [2.05, 4.69) is 9.98 Å². The minimum atomic E-state index is -0.810. The summed E-state index contributed by atoms with van der Waals surface area (Å²) in [5.74, 6) is -1.61. The molecule has 12 nitrogen and oxygen atoms in total. The molecule has 4 aromatic rings. The summed E-state index contributed by atoms with van der Waals surface area (Å²) in [6.45, 7) is 3.35. The van der Waals surface area contributed by atoms with Crippen molar-refractivity contribution in [2.45, 2.75) is 20.4 Å². The molecule has 3 aromatic heterocycles. The van der Waals surface area contributed by atoms with Gasteiger partial charge in [-0.1, -0.05) is 12.1 Å². The largest absolute Gasteiger partial charge is 0.462 e. The minimum Gasteiger partial charge on any atom is -0.462 e. The van der Waals surface area contributed by atoms with Gasteiger partial charge in [-0.2, -0.15) is 4.99 Å². The second-order valence-corrected chi connectivity index (χ2v) is 7.95. The third kappa shape index (κ3) is 4.74. The molecule has 1 aromatic carbocycles.